The molecule has 0 spiro atoms. The van der Waals surface area contributed by atoms with Crippen LogP contribution in [0.3, 0.4) is 0 Å². The number of aryl methyl sites for hydroxylation is 1. The third kappa shape index (κ3) is 1.87. The van der Waals surface area contributed by atoms with Crippen LogP contribution in [0.15, 0.2) is 48.7 Å². The average molecular weight is 239 g/mol. The van der Waals surface area contributed by atoms with Crippen LogP contribution >= 0.6 is 0 Å². The molecular formula is C14H13N3O. The molecule has 3 aromatic rings. The van der Waals surface area contributed by atoms with Crippen LogP contribution < -0.4 is 0 Å². The Morgan fingerprint density at radius 2 is 1.89 bits per heavy atom. The lowest BCUT2D eigenvalue weighted by Gasteiger charge is -2.08. The summed E-state index contributed by atoms with van der Waals surface area (Å²) in [5.41, 5.74) is 1.39. The van der Waals surface area contributed by atoms with Gasteiger partial charge in [-0.1, -0.05) is 41.6 Å². The summed E-state index contributed by atoms with van der Waals surface area (Å²) in [4.78, 5) is 0. The fraction of sp³-hybridized carbons (Fsp3) is 0.143. The predicted octanol–water partition coefficient (Wildman–Crippen LogP) is 2.05. The molecule has 0 fully saturated rings. The summed E-state index contributed by atoms with van der Waals surface area (Å²) in [5, 5.41) is 20.3. The van der Waals surface area contributed by atoms with Crippen molar-refractivity contribution >= 4 is 10.8 Å². The molecule has 1 unspecified atom stereocenters. The molecule has 1 heterocycles. The molecule has 4 heteroatoms. The quantitative estimate of drug-likeness (QED) is 0.744. The number of benzene rings is 2. The second kappa shape index (κ2) is 4.23. The first-order chi connectivity index (χ1) is 8.74. The fourth-order valence-electron chi connectivity index (χ4n) is 2.04. The minimum atomic E-state index is -0.733. The van der Waals surface area contributed by atoms with Crippen LogP contribution in [0.1, 0.15) is 17.4 Å². The standard InChI is InChI=1S/C14H13N3O/c1-17-9-13(15-16-17)14(18)12-7-6-10-4-2-3-5-11(10)8-12/h2-9,14,18H,1H3. The number of rotatable bonds is 2. The van der Waals surface area contributed by atoms with Gasteiger partial charge in [-0.3, -0.25) is 4.68 Å². The summed E-state index contributed by atoms with van der Waals surface area (Å²) >= 11 is 0. The molecule has 0 aliphatic carbocycles. The molecule has 1 N–H and O–H groups in total. The highest BCUT2D eigenvalue weighted by molar-refractivity contribution is 5.83. The molecule has 0 amide bonds. The van der Waals surface area contributed by atoms with Gasteiger partial charge in [-0.25, -0.2) is 0 Å². The fourth-order valence-corrected chi connectivity index (χ4v) is 2.04. The normalized spacial score (nSPS) is 12.8. The van der Waals surface area contributed by atoms with Gasteiger partial charge >= 0.3 is 0 Å². The number of fused-ring (bicyclic) bond motifs is 1. The zero-order valence-corrected chi connectivity index (χ0v) is 9.99. The molecule has 90 valence electrons. The largest absolute Gasteiger partial charge is 0.382 e. The topological polar surface area (TPSA) is 50.9 Å². The molecule has 0 saturated carbocycles. The van der Waals surface area contributed by atoms with Gasteiger partial charge in [0.2, 0.25) is 0 Å². The van der Waals surface area contributed by atoms with E-state index in [1.54, 1.807) is 17.9 Å². The van der Waals surface area contributed by atoms with Crippen molar-refractivity contribution in [1.82, 2.24) is 15.0 Å². The van der Waals surface area contributed by atoms with Crippen LogP contribution in [-0.2, 0) is 7.05 Å². The summed E-state index contributed by atoms with van der Waals surface area (Å²) in [5.74, 6) is 0. The van der Waals surface area contributed by atoms with E-state index in [0.29, 0.717) is 5.69 Å². The maximum absolute atomic E-state index is 10.2. The molecule has 0 aliphatic heterocycles. The Bertz CT molecular complexity index is 690. The zero-order chi connectivity index (χ0) is 12.5. The summed E-state index contributed by atoms with van der Waals surface area (Å²) in [6.07, 6.45) is 0.989. The van der Waals surface area contributed by atoms with Gasteiger partial charge in [-0.15, -0.1) is 5.10 Å². The molecule has 4 nitrogen and oxygen atoms in total. The molecule has 18 heavy (non-hydrogen) atoms. The van der Waals surface area contributed by atoms with E-state index in [0.717, 1.165) is 16.3 Å². The Labute approximate surface area is 104 Å². The number of aliphatic hydroxyl groups excluding tert-OH is 1. The smallest absolute Gasteiger partial charge is 0.124 e. The van der Waals surface area contributed by atoms with E-state index >= 15 is 0 Å². The Balaban J connectivity index is 2.03. The van der Waals surface area contributed by atoms with Crippen molar-refractivity contribution in [2.24, 2.45) is 7.05 Å². The van der Waals surface area contributed by atoms with E-state index in [-0.39, 0.29) is 0 Å². The molecule has 0 saturated heterocycles. The molecule has 0 bridgehead atoms. The maximum Gasteiger partial charge on any atom is 0.124 e. The summed E-state index contributed by atoms with van der Waals surface area (Å²) in [7, 11) is 1.78. The van der Waals surface area contributed by atoms with Gasteiger partial charge in [0.1, 0.15) is 11.8 Å². The molecule has 0 radical (unpaired) electrons. The Kier molecular flexibility index (Phi) is 2.57. The van der Waals surface area contributed by atoms with Crippen LogP contribution in [0, 0.1) is 0 Å². The third-order valence-electron chi connectivity index (χ3n) is 2.99. The molecule has 3 rings (SSSR count). The van der Waals surface area contributed by atoms with Gasteiger partial charge in [-0.2, -0.15) is 0 Å². The van der Waals surface area contributed by atoms with Crippen LogP contribution in [0.5, 0.6) is 0 Å². The van der Waals surface area contributed by atoms with Crippen molar-refractivity contribution in [1.29, 1.82) is 0 Å². The number of hydrogen-bond donors (Lipinski definition) is 1. The highest BCUT2D eigenvalue weighted by atomic mass is 16.3. The summed E-state index contributed by atoms with van der Waals surface area (Å²) in [6, 6.07) is 14.0. The third-order valence-corrected chi connectivity index (χ3v) is 2.99. The lowest BCUT2D eigenvalue weighted by molar-refractivity contribution is 0.215. The average Bonchev–Trinajstić information content (AvgIpc) is 2.84. The van der Waals surface area contributed by atoms with Crippen molar-refractivity contribution in [2.75, 3.05) is 0 Å². The lowest BCUT2D eigenvalue weighted by atomic mass is 10.0. The molecule has 2 aromatic carbocycles. The first-order valence-electron chi connectivity index (χ1n) is 5.77. The monoisotopic (exact) mass is 239 g/mol. The van der Waals surface area contributed by atoms with Crippen LogP contribution in [0.25, 0.3) is 10.8 Å². The van der Waals surface area contributed by atoms with E-state index in [1.165, 1.54) is 0 Å². The second-order valence-corrected chi connectivity index (χ2v) is 4.33. The predicted molar refractivity (Wildman–Crippen MR) is 69.0 cm³/mol. The van der Waals surface area contributed by atoms with Crippen LogP contribution in [0.4, 0.5) is 0 Å². The number of aromatic nitrogens is 3. The highest BCUT2D eigenvalue weighted by Gasteiger charge is 2.14. The van der Waals surface area contributed by atoms with Gasteiger partial charge in [-0.05, 0) is 22.4 Å². The first-order valence-corrected chi connectivity index (χ1v) is 5.77. The first kappa shape index (κ1) is 10.9. The maximum atomic E-state index is 10.2. The molecule has 1 aromatic heterocycles. The van der Waals surface area contributed by atoms with Crippen LogP contribution in [0.2, 0.25) is 0 Å². The van der Waals surface area contributed by atoms with Crippen molar-refractivity contribution in [3.05, 3.63) is 59.9 Å². The SMILES string of the molecule is Cn1cc(C(O)c2ccc3ccccc3c2)nn1. The van der Waals surface area contributed by atoms with Crippen molar-refractivity contribution in [2.45, 2.75) is 6.10 Å². The van der Waals surface area contributed by atoms with E-state index in [4.69, 9.17) is 0 Å². The van der Waals surface area contributed by atoms with Gasteiger partial charge in [0.05, 0.1) is 6.20 Å². The molecular weight excluding hydrogens is 226 g/mol. The Morgan fingerprint density at radius 3 is 2.61 bits per heavy atom. The van der Waals surface area contributed by atoms with Crippen molar-refractivity contribution in [3.8, 4) is 0 Å². The highest BCUT2D eigenvalue weighted by Crippen LogP contribution is 2.23. The van der Waals surface area contributed by atoms with Gasteiger partial charge < -0.3 is 5.11 Å². The van der Waals surface area contributed by atoms with Crippen molar-refractivity contribution < 1.29 is 5.11 Å². The van der Waals surface area contributed by atoms with Gasteiger partial charge in [0.25, 0.3) is 0 Å². The number of hydrogen-bond acceptors (Lipinski definition) is 3. The minimum absolute atomic E-state index is 0.563. The number of aliphatic hydroxyl groups is 1. The summed E-state index contributed by atoms with van der Waals surface area (Å²) < 4.78 is 1.58. The Morgan fingerprint density at radius 1 is 1.11 bits per heavy atom. The van der Waals surface area contributed by atoms with E-state index in [2.05, 4.69) is 10.3 Å². The summed E-state index contributed by atoms with van der Waals surface area (Å²) in [6.45, 7) is 0. The molecule has 1 atom stereocenters. The minimum Gasteiger partial charge on any atom is -0.382 e. The Hall–Kier alpha value is -2.20. The lowest BCUT2D eigenvalue weighted by Crippen LogP contribution is -2.00. The van der Waals surface area contributed by atoms with E-state index < -0.39 is 6.10 Å². The van der Waals surface area contributed by atoms with Gasteiger partial charge in [0, 0.05) is 7.05 Å². The van der Waals surface area contributed by atoms with E-state index in [9.17, 15) is 5.11 Å². The van der Waals surface area contributed by atoms with Crippen LogP contribution in [-0.4, -0.2) is 20.1 Å². The van der Waals surface area contributed by atoms with Crippen molar-refractivity contribution in [3.63, 3.8) is 0 Å². The van der Waals surface area contributed by atoms with Gasteiger partial charge in [0.15, 0.2) is 0 Å². The molecule has 0 aliphatic rings. The van der Waals surface area contributed by atoms with E-state index in [1.807, 2.05) is 42.5 Å². The number of nitrogens with zero attached hydrogens (tertiary/aromatic N) is 3. The second-order valence-electron chi connectivity index (χ2n) is 4.33. The zero-order valence-electron chi connectivity index (χ0n) is 9.99.